The number of anilines is 1. The van der Waals surface area contributed by atoms with Crippen molar-refractivity contribution in [1.82, 2.24) is 10.2 Å². The van der Waals surface area contributed by atoms with Crippen molar-refractivity contribution in [2.24, 2.45) is 0 Å². The van der Waals surface area contributed by atoms with E-state index >= 15 is 0 Å². The van der Waals surface area contributed by atoms with Crippen LogP contribution in [0.3, 0.4) is 0 Å². The Morgan fingerprint density at radius 1 is 1.25 bits per heavy atom. The molecule has 0 radical (unpaired) electrons. The Kier molecular flexibility index (Phi) is 4.49. The van der Waals surface area contributed by atoms with Crippen LogP contribution in [0.25, 0.3) is 0 Å². The molecule has 1 saturated heterocycles. The third kappa shape index (κ3) is 3.66. The monoisotopic (exact) mass is 293 g/mol. The van der Waals surface area contributed by atoms with Gasteiger partial charge in [-0.25, -0.2) is 0 Å². The van der Waals surface area contributed by atoms with E-state index in [0.717, 1.165) is 43.8 Å². The lowest BCUT2D eigenvalue weighted by molar-refractivity contribution is 0.193. The van der Waals surface area contributed by atoms with Gasteiger partial charge in [0, 0.05) is 55.5 Å². The summed E-state index contributed by atoms with van der Waals surface area (Å²) in [5.41, 5.74) is 1.25. The fraction of sp³-hybridized carbons (Fsp3) is 0.625. The number of nitrogens with one attached hydrogen (secondary N) is 1. The van der Waals surface area contributed by atoms with Crippen LogP contribution >= 0.6 is 11.6 Å². The molecular formula is C16H24ClN3. The summed E-state index contributed by atoms with van der Waals surface area (Å²) in [6.45, 7) is 7.93. The Morgan fingerprint density at radius 2 is 2.00 bits per heavy atom. The number of hydrogen-bond acceptors (Lipinski definition) is 3. The number of nitrogens with zero attached hydrogens (tertiary/aromatic N) is 2. The van der Waals surface area contributed by atoms with Gasteiger partial charge in [0.15, 0.2) is 0 Å². The smallest absolute Gasteiger partial charge is 0.0426 e. The molecule has 20 heavy (non-hydrogen) atoms. The van der Waals surface area contributed by atoms with Crippen molar-refractivity contribution < 1.29 is 0 Å². The molecule has 1 atom stereocenters. The molecule has 3 rings (SSSR count). The molecule has 1 unspecified atom stereocenters. The molecule has 3 nitrogen and oxygen atoms in total. The van der Waals surface area contributed by atoms with E-state index in [1.165, 1.54) is 18.5 Å². The molecule has 110 valence electrons. The number of hydrogen-bond donors (Lipinski definition) is 1. The first-order valence-electron chi connectivity index (χ1n) is 7.70. The van der Waals surface area contributed by atoms with E-state index < -0.39 is 0 Å². The van der Waals surface area contributed by atoms with Gasteiger partial charge in [-0.05, 0) is 38.0 Å². The molecule has 1 aliphatic heterocycles. The predicted molar refractivity (Wildman–Crippen MR) is 85.7 cm³/mol. The molecule has 1 aromatic rings. The zero-order valence-corrected chi connectivity index (χ0v) is 12.9. The quantitative estimate of drug-likeness (QED) is 0.900. The first-order valence-corrected chi connectivity index (χ1v) is 8.08. The van der Waals surface area contributed by atoms with E-state index in [-0.39, 0.29) is 0 Å². The zero-order valence-electron chi connectivity index (χ0n) is 12.2. The highest BCUT2D eigenvalue weighted by Crippen LogP contribution is 2.22. The maximum atomic E-state index is 6.07. The Labute approximate surface area is 126 Å². The highest BCUT2D eigenvalue weighted by atomic mass is 35.5. The SMILES string of the molecule is CC(CNC1CC1)N1CCN(c2cccc(Cl)c2)CC1. The molecule has 1 saturated carbocycles. The van der Waals surface area contributed by atoms with Gasteiger partial charge in [0.2, 0.25) is 0 Å². The van der Waals surface area contributed by atoms with Gasteiger partial charge >= 0.3 is 0 Å². The summed E-state index contributed by atoms with van der Waals surface area (Å²) in [5, 5.41) is 4.46. The minimum Gasteiger partial charge on any atom is -0.369 e. The molecule has 2 aliphatic rings. The van der Waals surface area contributed by atoms with Crippen LogP contribution in [0.15, 0.2) is 24.3 Å². The van der Waals surface area contributed by atoms with Crippen molar-refractivity contribution in [2.75, 3.05) is 37.6 Å². The first kappa shape index (κ1) is 14.2. The minimum atomic E-state index is 0.636. The molecule has 0 bridgehead atoms. The van der Waals surface area contributed by atoms with E-state index in [4.69, 9.17) is 11.6 Å². The zero-order chi connectivity index (χ0) is 13.9. The summed E-state index contributed by atoms with van der Waals surface area (Å²) < 4.78 is 0. The summed E-state index contributed by atoms with van der Waals surface area (Å²) >= 11 is 6.07. The van der Waals surface area contributed by atoms with Crippen molar-refractivity contribution in [2.45, 2.75) is 31.8 Å². The first-order chi connectivity index (χ1) is 9.72. The Hall–Kier alpha value is -0.770. The lowest BCUT2D eigenvalue weighted by Gasteiger charge is -2.39. The van der Waals surface area contributed by atoms with Crippen LogP contribution in [0.5, 0.6) is 0 Å². The summed E-state index contributed by atoms with van der Waals surface area (Å²) in [4.78, 5) is 5.03. The summed E-state index contributed by atoms with van der Waals surface area (Å²) in [6, 6.07) is 9.64. The molecular weight excluding hydrogens is 270 g/mol. The second-order valence-corrected chi connectivity index (χ2v) is 6.47. The summed E-state index contributed by atoms with van der Waals surface area (Å²) in [6.07, 6.45) is 2.74. The lowest BCUT2D eigenvalue weighted by Crippen LogP contribution is -2.52. The molecule has 0 amide bonds. The van der Waals surface area contributed by atoms with E-state index in [2.05, 4.69) is 34.2 Å². The van der Waals surface area contributed by atoms with Crippen LogP contribution < -0.4 is 10.2 Å². The summed E-state index contributed by atoms with van der Waals surface area (Å²) in [5.74, 6) is 0. The normalized spacial score (nSPS) is 22.0. The fourth-order valence-electron chi connectivity index (χ4n) is 2.85. The average Bonchev–Trinajstić information content (AvgIpc) is 3.29. The predicted octanol–water partition coefficient (Wildman–Crippen LogP) is 2.60. The average molecular weight is 294 g/mol. The van der Waals surface area contributed by atoms with Gasteiger partial charge in [0.05, 0.1) is 0 Å². The van der Waals surface area contributed by atoms with Crippen LogP contribution in [-0.2, 0) is 0 Å². The van der Waals surface area contributed by atoms with Crippen molar-refractivity contribution >= 4 is 17.3 Å². The molecule has 1 aromatic carbocycles. The standard InChI is InChI=1S/C16H24ClN3/c1-13(12-18-15-5-6-15)19-7-9-20(10-8-19)16-4-2-3-14(17)11-16/h2-4,11,13,15,18H,5-10,12H2,1H3. The van der Waals surface area contributed by atoms with E-state index in [0.29, 0.717) is 6.04 Å². The molecule has 4 heteroatoms. The van der Waals surface area contributed by atoms with Gasteiger partial charge in [-0.15, -0.1) is 0 Å². The van der Waals surface area contributed by atoms with E-state index in [1.54, 1.807) is 0 Å². The lowest BCUT2D eigenvalue weighted by atomic mass is 10.2. The second kappa shape index (κ2) is 6.33. The third-order valence-electron chi connectivity index (χ3n) is 4.39. The van der Waals surface area contributed by atoms with Crippen LogP contribution in [-0.4, -0.2) is 49.7 Å². The Bertz CT molecular complexity index is 439. The second-order valence-electron chi connectivity index (χ2n) is 6.03. The van der Waals surface area contributed by atoms with Crippen molar-refractivity contribution in [3.05, 3.63) is 29.3 Å². The topological polar surface area (TPSA) is 18.5 Å². The largest absolute Gasteiger partial charge is 0.369 e. The van der Waals surface area contributed by atoms with Crippen LogP contribution in [0.2, 0.25) is 5.02 Å². The van der Waals surface area contributed by atoms with E-state index in [9.17, 15) is 0 Å². The third-order valence-corrected chi connectivity index (χ3v) is 4.63. The van der Waals surface area contributed by atoms with Crippen molar-refractivity contribution in [3.8, 4) is 0 Å². The molecule has 1 N–H and O–H groups in total. The van der Waals surface area contributed by atoms with Gasteiger partial charge in [0.25, 0.3) is 0 Å². The summed E-state index contributed by atoms with van der Waals surface area (Å²) in [7, 11) is 0. The van der Waals surface area contributed by atoms with Gasteiger partial charge in [-0.2, -0.15) is 0 Å². The molecule has 1 aliphatic carbocycles. The fourth-order valence-corrected chi connectivity index (χ4v) is 3.03. The number of benzene rings is 1. The van der Waals surface area contributed by atoms with Crippen molar-refractivity contribution in [1.29, 1.82) is 0 Å². The molecule has 1 heterocycles. The maximum absolute atomic E-state index is 6.07. The number of halogens is 1. The van der Waals surface area contributed by atoms with Gasteiger partial charge in [0.1, 0.15) is 0 Å². The molecule has 0 spiro atoms. The van der Waals surface area contributed by atoms with Crippen LogP contribution in [0.1, 0.15) is 19.8 Å². The van der Waals surface area contributed by atoms with Crippen LogP contribution in [0.4, 0.5) is 5.69 Å². The van der Waals surface area contributed by atoms with Crippen molar-refractivity contribution in [3.63, 3.8) is 0 Å². The number of piperazine rings is 1. The van der Waals surface area contributed by atoms with Crippen LogP contribution in [0, 0.1) is 0 Å². The Balaban J connectivity index is 1.48. The van der Waals surface area contributed by atoms with Gasteiger partial charge in [-0.1, -0.05) is 17.7 Å². The maximum Gasteiger partial charge on any atom is 0.0426 e. The van der Waals surface area contributed by atoms with E-state index in [1.807, 2.05) is 12.1 Å². The molecule has 2 fully saturated rings. The van der Waals surface area contributed by atoms with Gasteiger partial charge < -0.3 is 10.2 Å². The van der Waals surface area contributed by atoms with Gasteiger partial charge in [-0.3, -0.25) is 4.90 Å². The molecule has 0 aromatic heterocycles. The Morgan fingerprint density at radius 3 is 2.65 bits per heavy atom. The number of rotatable bonds is 5. The minimum absolute atomic E-state index is 0.636. The highest BCUT2D eigenvalue weighted by Gasteiger charge is 2.24. The highest BCUT2D eigenvalue weighted by molar-refractivity contribution is 6.30.